The summed E-state index contributed by atoms with van der Waals surface area (Å²) in [6, 6.07) is 13.0. The van der Waals surface area contributed by atoms with E-state index in [4.69, 9.17) is 0 Å². The molecule has 116 valence electrons. The highest BCUT2D eigenvalue weighted by Crippen LogP contribution is 2.44. The predicted octanol–water partition coefficient (Wildman–Crippen LogP) is 3.85. The van der Waals surface area contributed by atoms with Crippen molar-refractivity contribution < 1.29 is 0 Å². The van der Waals surface area contributed by atoms with Gasteiger partial charge < -0.3 is 5.32 Å². The van der Waals surface area contributed by atoms with E-state index in [2.05, 4.69) is 68.2 Å². The van der Waals surface area contributed by atoms with Gasteiger partial charge >= 0.3 is 0 Å². The van der Waals surface area contributed by atoms with Gasteiger partial charge in [0, 0.05) is 31.2 Å². The van der Waals surface area contributed by atoms with Gasteiger partial charge in [0.25, 0.3) is 0 Å². The van der Waals surface area contributed by atoms with Gasteiger partial charge in [0.1, 0.15) is 0 Å². The van der Waals surface area contributed by atoms with E-state index in [1.807, 2.05) is 0 Å². The van der Waals surface area contributed by atoms with Crippen LogP contribution in [-0.4, -0.2) is 30.1 Å². The van der Waals surface area contributed by atoms with Crippen molar-refractivity contribution in [1.82, 2.24) is 10.2 Å². The minimum Gasteiger partial charge on any atom is -0.310 e. The van der Waals surface area contributed by atoms with Crippen LogP contribution in [0.3, 0.4) is 0 Å². The molecule has 0 radical (unpaired) electrons. The molecule has 2 heteroatoms. The summed E-state index contributed by atoms with van der Waals surface area (Å²) in [5.74, 6) is 0.926. The van der Waals surface area contributed by atoms with Crippen LogP contribution in [0.4, 0.5) is 0 Å². The Hall–Kier alpha value is -0.860. The number of nitrogens with one attached hydrogen (secondary N) is 1. The molecule has 1 N–H and O–H groups in total. The number of hydrogen-bond acceptors (Lipinski definition) is 2. The van der Waals surface area contributed by atoms with Crippen molar-refractivity contribution >= 4 is 0 Å². The number of nitrogens with zero attached hydrogens (tertiary/aromatic N) is 1. The molecule has 0 aromatic heterocycles. The van der Waals surface area contributed by atoms with E-state index in [0.717, 1.165) is 18.5 Å². The van der Waals surface area contributed by atoms with Gasteiger partial charge in [-0.2, -0.15) is 0 Å². The van der Waals surface area contributed by atoms with Gasteiger partial charge in [-0.05, 0) is 23.3 Å². The van der Waals surface area contributed by atoms with Crippen LogP contribution in [0, 0.1) is 11.3 Å². The lowest BCUT2D eigenvalue weighted by molar-refractivity contribution is 0.0742. The van der Waals surface area contributed by atoms with Crippen LogP contribution in [0.15, 0.2) is 30.3 Å². The van der Waals surface area contributed by atoms with Crippen LogP contribution < -0.4 is 5.32 Å². The normalized spacial score (nSPS) is 33.9. The lowest BCUT2D eigenvalue weighted by Gasteiger charge is -2.45. The molecule has 4 atom stereocenters. The largest absolute Gasteiger partial charge is 0.310 e. The van der Waals surface area contributed by atoms with Crippen molar-refractivity contribution in [1.29, 1.82) is 0 Å². The SMILES string of the molecule is CCC1CC1N1CC(C(C)(C)C)NCC1c1ccccc1. The van der Waals surface area contributed by atoms with Gasteiger partial charge in [-0.15, -0.1) is 0 Å². The smallest absolute Gasteiger partial charge is 0.0476 e. The lowest BCUT2D eigenvalue weighted by Crippen LogP contribution is -2.57. The standard InChI is InChI=1S/C19H30N2/c1-5-14-11-16(14)21-13-18(19(2,3)4)20-12-17(21)15-9-7-6-8-10-15/h6-10,14,16-18,20H,5,11-13H2,1-4H3. The lowest BCUT2D eigenvalue weighted by atomic mass is 9.84. The van der Waals surface area contributed by atoms with Gasteiger partial charge in [-0.25, -0.2) is 0 Å². The van der Waals surface area contributed by atoms with E-state index in [-0.39, 0.29) is 0 Å². The topological polar surface area (TPSA) is 15.3 Å². The molecule has 1 aromatic rings. The highest BCUT2D eigenvalue weighted by atomic mass is 15.3. The summed E-state index contributed by atoms with van der Waals surface area (Å²) in [6.45, 7) is 11.7. The first-order valence-corrected chi connectivity index (χ1v) is 8.54. The molecule has 1 heterocycles. The van der Waals surface area contributed by atoms with Crippen molar-refractivity contribution in [3.8, 4) is 0 Å². The summed E-state index contributed by atoms with van der Waals surface area (Å²) in [7, 11) is 0. The Bertz CT molecular complexity index is 462. The van der Waals surface area contributed by atoms with Crippen molar-refractivity contribution in [2.75, 3.05) is 13.1 Å². The third-order valence-corrected chi connectivity index (χ3v) is 5.42. The molecule has 0 bridgehead atoms. The third kappa shape index (κ3) is 3.17. The first-order valence-electron chi connectivity index (χ1n) is 8.54. The number of benzene rings is 1. The van der Waals surface area contributed by atoms with E-state index in [1.54, 1.807) is 0 Å². The zero-order valence-corrected chi connectivity index (χ0v) is 14.0. The minimum atomic E-state index is 0.330. The predicted molar refractivity (Wildman–Crippen MR) is 89.3 cm³/mol. The molecule has 0 amide bonds. The van der Waals surface area contributed by atoms with Crippen molar-refractivity contribution in [2.45, 2.75) is 58.7 Å². The van der Waals surface area contributed by atoms with Gasteiger partial charge in [0.2, 0.25) is 0 Å². The monoisotopic (exact) mass is 286 g/mol. The molecule has 1 saturated heterocycles. The summed E-state index contributed by atoms with van der Waals surface area (Å²) in [5, 5.41) is 3.81. The quantitative estimate of drug-likeness (QED) is 0.908. The van der Waals surface area contributed by atoms with E-state index >= 15 is 0 Å². The van der Waals surface area contributed by atoms with Crippen LogP contribution in [0.5, 0.6) is 0 Å². The molecule has 4 unspecified atom stereocenters. The van der Waals surface area contributed by atoms with Gasteiger partial charge in [-0.1, -0.05) is 64.4 Å². The second kappa shape index (κ2) is 5.73. The average molecular weight is 286 g/mol. The molecule has 21 heavy (non-hydrogen) atoms. The minimum absolute atomic E-state index is 0.330. The van der Waals surface area contributed by atoms with E-state index in [1.165, 1.54) is 24.9 Å². The summed E-state index contributed by atoms with van der Waals surface area (Å²) in [4.78, 5) is 2.80. The fraction of sp³-hybridized carbons (Fsp3) is 0.684. The molecular weight excluding hydrogens is 256 g/mol. The maximum absolute atomic E-state index is 3.81. The molecule has 2 aliphatic rings. The number of piperazine rings is 1. The molecule has 2 fully saturated rings. The van der Waals surface area contributed by atoms with Crippen LogP contribution >= 0.6 is 0 Å². The summed E-state index contributed by atoms with van der Waals surface area (Å²) < 4.78 is 0. The fourth-order valence-electron chi connectivity index (χ4n) is 3.78. The molecule has 0 spiro atoms. The molecule has 1 saturated carbocycles. The van der Waals surface area contributed by atoms with Crippen molar-refractivity contribution in [3.05, 3.63) is 35.9 Å². The van der Waals surface area contributed by atoms with Crippen LogP contribution in [0.2, 0.25) is 0 Å². The first-order chi connectivity index (χ1) is 10.0. The maximum atomic E-state index is 3.81. The van der Waals surface area contributed by atoms with Crippen LogP contribution in [0.25, 0.3) is 0 Å². The number of rotatable bonds is 3. The first kappa shape index (κ1) is 15.1. The Morgan fingerprint density at radius 3 is 2.48 bits per heavy atom. The Kier molecular flexibility index (Phi) is 4.11. The average Bonchev–Trinajstić information content (AvgIpc) is 3.26. The third-order valence-electron chi connectivity index (χ3n) is 5.42. The molecule has 1 aromatic carbocycles. The zero-order valence-electron chi connectivity index (χ0n) is 14.0. The van der Waals surface area contributed by atoms with Crippen LogP contribution in [0.1, 0.15) is 52.1 Å². The Labute approximate surface area is 129 Å². The number of hydrogen-bond donors (Lipinski definition) is 1. The van der Waals surface area contributed by atoms with E-state index in [0.29, 0.717) is 17.5 Å². The van der Waals surface area contributed by atoms with Crippen molar-refractivity contribution in [2.24, 2.45) is 11.3 Å². The Balaban J connectivity index is 1.80. The summed E-state index contributed by atoms with van der Waals surface area (Å²) in [5.41, 5.74) is 1.80. The Morgan fingerprint density at radius 2 is 1.90 bits per heavy atom. The summed E-state index contributed by atoms with van der Waals surface area (Å²) >= 11 is 0. The van der Waals surface area contributed by atoms with E-state index < -0.39 is 0 Å². The van der Waals surface area contributed by atoms with E-state index in [9.17, 15) is 0 Å². The molecule has 3 rings (SSSR count). The zero-order chi connectivity index (χ0) is 15.0. The highest BCUT2D eigenvalue weighted by Gasteiger charge is 2.46. The molecule has 1 aliphatic carbocycles. The fourth-order valence-corrected chi connectivity index (χ4v) is 3.78. The van der Waals surface area contributed by atoms with Crippen molar-refractivity contribution in [3.63, 3.8) is 0 Å². The Morgan fingerprint density at radius 1 is 1.19 bits per heavy atom. The second-order valence-corrected chi connectivity index (χ2v) is 7.92. The van der Waals surface area contributed by atoms with Crippen LogP contribution in [-0.2, 0) is 0 Å². The molecule has 1 aliphatic heterocycles. The van der Waals surface area contributed by atoms with Gasteiger partial charge in [0.15, 0.2) is 0 Å². The van der Waals surface area contributed by atoms with Gasteiger partial charge in [0.05, 0.1) is 0 Å². The molecular formula is C19H30N2. The second-order valence-electron chi connectivity index (χ2n) is 7.92. The highest BCUT2D eigenvalue weighted by molar-refractivity contribution is 5.22. The maximum Gasteiger partial charge on any atom is 0.0476 e. The summed E-state index contributed by atoms with van der Waals surface area (Å²) in [6.07, 6.45) is 2.73. The molecule has 2 nitrogen and oxygen atoms in total. The van der Waals surface area contributed by atoms with Gasteiger partial charge in [-0.3, -0.25) is 4.90 Å².